The number of amides is 2. The molecule has 0 saturated carbocycles. The zero-order valence-corrected chi connectivity index (χ0v) is 16.9. The molecule has 8 heteroatoms. The first-order valence-electron chi connectivity index (χ1n) is 8.60. The van der Waals surface area contributed by atoms with Gasteiger partial charge in [0.2, 0.25) is 0 Å². The van der Waals surface area contributed by atoms with Crippen molar-refractivity contribution in [2.24, 2.45) is 0 Å². The van der Waals surface area contributed by atoms with Crippen molar-refractivity contribution >= 4 is 29.4 Å². The number of aromatic nitrogens is 3. The molecule has 2 heterocycles. The Hall–Kier alpha value is -3.13. The van der Waals surface area contributed by atoms with E-state index in [9.17, 15) is 9.59 Å². The maximum absolute atomic E-state index is 12.9. The van der Waals surface area contributed by atoms with Crippen LogP contribution in [0.25, 0.3) is 5.69 Å². The molecule has 0 radical (unpaired) electrons. The Labute approximate surface area is 167 Å². The minimum absolute atomic E-state index is 0.207. The lowest BCUT2D eigenvalue weighted by Crippen LogP contribution is -2.24. The van der Waals surface area contributed by atoms with Crippen LogP contribution < -0.4 is 5.32 Å². The van der Waals surface area contributed by atoms with Gasteiger partial charge in [-0.15, -0.1) is 11.8 Å². The van der Waals surface area contributed by atoms with E-state index in [0.29, 0.717) is 22.8 Å². The predicted octanol–water partition coefficient (Wildman–Crippen LogP) is 3.25. The fourth-order valence-corrected chi connectivity index (χ4v) is 3.17. The predicted molar refractivity (Wildman–Crippen MR) is 110 cm³/mol. The van der Waals surface area contributed by atoms with Crippen molar-refractivity contribution in [3.8, 4) is 5.69 Å². The average Bonchev–Trinajstić information content (AvgIpc) is 3.10. The molecule has 3 aromatic rings. The summed E-state index contributed by atoms with van der Waals surface area (Å²) in [5.74, 6) is 0.0836. The Morgan fingerprint density at radius 2 is 1.82 bits per heavy atom. The number of carbonyl (C=O) groups is 2. The number of para-hydroxylation sites is 1. The van der Waals surface area contributed by atoms with Gasteiger partial charge in [0.05, 0.1) is 28.0 Å². The summed E-state index contributed by atoms with van der Waals surface area (Å²) < 4.78 is 1.69. The first kappa shape index (κ1) is 19.6. The number of hydrogen-bond donors (Lipinski definition) is 1. The van der Waals surface area contributed by atoms with Crippen molar-refractivity contribution in [3.05, 3.63) is 65.6 Å². The summed E-state index contributed by atoms with van der Waals surface area (Å²) >= 11 is 1.50. The number of pyridine rings is 1. The molecule has 0 spiro atoms. The van der Waals surface area contributed by atoms with Crippen molar-refractivity contribution in [1.82, 2.24) is 19.7 Å². The minimum atomic E-state index is -0.304. The van der Waals surface area contributed by atoms with Crippen LogP contribution in [0.15, 0.2) is 53.6 Å². The van der Waals surface area contributed by atoms with E-state index in [1.165, 1.54) is 16.7 Å². The molecule has 0 unspecified atom stereocenters. The monoisotopic (exact) mass is 395 g/mol. The van der Waals surface area contributed by atoms with Gasteiger partial charge in [0.1, 0.15) is 11.5 Å². The van der Waals surface area contributed by atoms with E-state index in [2.05, 4.69) is 15.4 Å². The Bertz CT molecular complexity index is 1010. The molecule has 2 amide bonds. The molecule has 1 N–H and O–H groups in total. The zero-order valence-electron chi connectivity index (χ0n) is 16.1. The highest BCUT2D eigenvalue weighted by molar-refractivity contribution is 7.98. The standard InChI is InChI=1S/C20H21N5O2S/c1-13-15(10-11-16(22-13)20(27)24(2)3)19(26)23-18-17(28-4)12-21-25(18)14-8-6-5-7-9-14/h5-12H,1-4H3,(H,23,26). The zero-order chi connectivity index (χ0) is 20.3. The number of thioether (sulfide) groups is 1. The van der Waals surface area contributed by atoms with E-state index < -0.39 is 0 Å². The van der Waals surface area contributed by atoms with Crippen LogP contribution in [0.5, 0.6) is 0 Å². The van der Waals surface area contributed by atoms with E-state index in [0.717, 1.165) is 10.6 Å². The van der Waals surface area contributed by atoms with Gasteiger partial charge in [0.25, 0.3) is 11.8 Å². The third-order valence-electron chi connectivity index (χ3n) is 4.14. The van der Waals surface area contributed by atoms with Crippen LogP contribution >= 0.6 is 11.8 Å². The van der Waals surface area contributed by atoms with Crippen LogP contribution in [0, 0.1) is 6.92 Å². The quantitative estimate of drug-likeness (QED) is 0.671. The second kappa shape index (κ2) is 8.26. The number of anilines is 1. The summed E-state index contributed by atoms with van der Waals surface area (Å²) in [7, 11) is 3.32. The Kier molecular flexibility index (Phi) is 5.79. The lowest BCUT2D eigenvalue weighted by atomic mass is 10.1. The first-order valence-corrected chi connectivity index (χ1v) is 9.83. The number of nitrogens with one attached hydrogen (secondary N) is 1. The molecule has 0 bridgehead atoms. The molecule has 0 atom stereocenters. The van der Waals surface area contributed by atoms with Gasteiger partial charge < -0.3 is 10.2 Å². The minimum Gasteiger partial charge on any atom is -0.343 e. The number of hydrogen-bond acceptors (Lipinski definition) is 5. The smallest absolute Gasteiger partial charge is 0.271 e. The van der Waals surface area contributed by atoms with Crippen molar-refractivity contribution in [2.75, 3.05) is 25.7 Å². The molecule has 3 rings (SSSR count). The van der Waals surface area contributed by atoms with Crippen molar-refractivity contribution in [1.29, 1.82) is 0 Å². The van der Waals surface area contributed by atoms with Gasteiger partial charge in [-0.05, 0) is 37.4 Å². The molecular weight excluding hydrogens is 374 g/mol. The Morgan fingerprint density at radius 1 is 1.11 bits per heavy atom. The molecule has 0 fully saturated rings. The van der Waals surface area contributed by atoms with Crippen molar-refractivity contribution in [2.45, 2.75) is 11.8 Å². The molecule has 0 aliphatic rings. The third-order valence-corrected chi connectivity index (χ3v) is 4.88. The van der Waals surface area contributed by atoms with Gasteiger partial charge in [0, 0.05) is 14.1 Å². The summed E-state index contributed by atoms with van der Waals surface area (Å²) in [6, 6.07) is 12.8. The van der Waals surface area contributed by atoms with E-state index in [1.54, 1.807) is 44.0 Å². The third kappa shape index (κ3) is 3.91. The molecule has 0 saturated heterocycles. The highest BCUT2D eigenvalue weighted by Gasteiger charge is 2.19. The summed E-state index contributed by atoms with van der Waals surface area (Å²) in [5.41, 5.74) is 2.04. The number of aryl methyl sites for hydroxylation is 1. The van der Waals surface area contributed by atoms with E-state index in [1.807, 2.05) is 36.6 Å². The molecule has 0 aliphatic heterocycles. The van der Waals surface area contributed by atoms with Gasteiger partial charge in [-0.3, -0.25) is 9.59 Å². The van der Waals surface area contributed by atoms with Gasteiger partial charge >= 0.3 is 0 Å². The summed E-state index contributed by atoms with van der Waals surface area (Å²) in [5, 5.41) is 7.34. The average molecular weight is 395 g/mol. The van der Waals surface area contributed by atoms with Gasteiger partial charge in [0.15, 0.2) is 0 Å². The normalized spacial score (nSPS) is 10.6. The van der Waals surface area contributed by atoms with E-state index in [4.69, 9.17) is 0 Å². The van der Waals surface area contributed by atoms with E-state index in [-0.39, 0.29) is 11.8 Å². The fourth-order valence-electron chi connectivity index (χ4n) is 2.69. The molecule has 0 aliphatic carbocycles. The first-order chi connectivity index (χ1) is 13.4. The van der Waals surface area contributed by atoms with Crippen LogP contribution in [-0.4, -0.2) is 51.8 Å². The highest BCUT2D eigenvalue weighted by atomic mass is 32.2. The molecular formula is C20H21N5O2S. The van der Waals surface area contributed by atoms with Gasteiger partial charge in [-0.2, -0.15) is 5.10 Å². The maximum Gasteiger partial charge on any atom is 0.271 e. The van der Waals surface area contributed by atoms with E-state index >= 15 is 0 Å². The number of nitrogens with zero attached hydrogens (tertiary/aromatic N) is 4. The SMILES string of the molecule is CSc1cnn(-c2ccccc2)c1NC(=O)c1ccc(C(=O)N(C)C)nc1C. The number of rotatable bonds is 5. The number of carbonyl (C=O) groups excluding carboxylic acids is 2. The molecule has 144 valence electrons. The van der Waals surface area contributed by atoms with Crippen molar-refractivity contribution in [3.63, 3.8) is 0 Å². The summed E-state index contributed by atoms with van der Waals surface area (Å²) in [6.07, 6.45) is 3.65. The number of benzene rings is 1. The van der Waals surface area contributed by atoms with Gasteiger partial charge in [-0.1, -0.05) is 18.2 Å². The lowest BCUT2D eigenvalue weighted by Gasteiger charge is -2.13. The topological polar surface area (TPSA) is 80.1 Å². The Morgan fingerprint density at radius 3 is 2.43 bits per heavy atom. The molecule has 1 aromatic carbocycles. The lowest BCUT2D eigenvalue weighted by molar-refractivity contribution is 0.0821. The van der Waals surface area contributed by atoms with Crippen molar-refractivity contribution < 1.29 is 9.59 Å². The maximum atomic E-state index is 12.9. The summed E-state index contributed by atoms with van der Waals surface area (Å²) in [6.45, 7) is 1.71. The fraction of sp³-hybridized carbons (Fsp3) is 0.200. The molecule has 2 aromatic heterocycles. The second-order valence-electron chi connectivity index (χ2n) is 6.29. The van der Waals surface area contributed by atoms with Crippen LogP contribution in [-0.2, 0) is 0 Å². The van der Waals surface area contributed by atoms with Crippen LogP contribution in [0.1, 0.15) is 26.5 Å². The second-order valence-corrected chi connectivity index (χ2v) is 7.14. The summed E-state index contributed by atoms with van der Waals surface area (Å²) in [4.78, 5) is 31.6. The molecule has 7 nitrogen and oxygen atoms in total. The van der Waals surface area contributed by atoms with Crippen LogP contribution in [0.2, 0.25) is 0 Å². The van der Waals surface area contributed by atoms with Crippen LogP contribution in [0.3, 0.4) is 0 Å². The molecule has 28 heavy (non-hydrogen) atoms. The Balaban J connectivity index is 1.92. The van der Waals surface area contributed by atoms with Gasteiger partial charge in [-0.25, -0.2) is 9.67 Å². The van der Waals surface area contributed by atoms with Crippen LogP contribution in [0.4, 0.5) is 5.82 Å². The highest BCUT2D eigenvalue weighted by Crippen LogP contribution is 2.28. The largest absolute Gasteiger partial charge is 0.343 e.